The fourth-order valence-corrected chi connectivity index (χ4v) is 2.93. The first kappa shape index (κ1) is 14.6. The lowest BCUT2D eigenvalue weighted by Crippen LogP contribution is -2.24. The maximum atomic E-state index is 12.2. The highest BCUT2D eigenvalue weighted by atomic mass is 16.1. The Balaban J connectivity index is 1.58. The van der Waals surface area contributed by atoms with Crippen LogP contribution in [0.15, 0.2) is 54.6 Å². The standard InChI is InChI=1S/C19H22N2O/c22-19(15-7-3-1-4-8-15)21-18-13-11-17(12-14-18)20-16-9-5-2-6-10-16/h2,5-6,9-15,20H,1,3-4,7-8H2,(H,21,22). The maximum Gasteiger partial charge on any atom is 0.227 e. The van der Waals surface area contributed by atoms with Crippen LogP contribution in [0, 0.1) is 5.92 Å². The molecule has 2 aromatic rings. The van der Waals surface area contributed by atoms with Gasteiger partial charge in [0.2, 0.25) is 5.91 Å². The molecule has 0 aromatic heterocycles. The molecule has 0 spiro atoms. The van der Waals surface area contributed by atoms with E-state index in [1.807, 2.05) is 54.6 Å². The van der Waals surface area contributed by atoms with Crippen LogP contribution in [-0.4, -0.2) is 5.91 Å². The normalized spacial score (nSPS) is 15.3. The smallest absolute Gasteiger partial charge is 0.227 e. The van der Waals surface area contributed by atoms with E-state index in [2.05, 4.69) is 10.6 Å². The van der Waals surface area contributed by atoms with E-state index in [0.717, 1.165) is 29.9 Å². The summed E-state index contributed by atoms with van der Waals surface area (Å²) in [6.07, 6.45) is 5.68. The van der Waals surface area contributed by atoms with Crippen LogP contribution >= 0.6 is 0 Å². The second-order valence-corrected chi connectivity index (χ2v) is 5.89. The van der Waals surface area contributed by atoms with E-state index in [0.29, 0.717) is 0 Å². The molecule has 22 heavy (non-hydrogen) atoms. The van der Waals surface area contributed by atoms with Gasteiger partial charge in [-0.25, -0.2) is 0 Å². The van der Waals surface area contributed by atoms with Crippen molar-refractivity contribution in [3.05, 3.63) is 54.6 Å². The van der Waals surface area contributed by atoms with Gasteiger partial charge in [0.15, 0.2) is 0 Å². The van der Waals surface area contributed by atoms with Crippen molar-refractivity contribution >= 4 is 23.0 Å². The number of hydrogen-bond acceptors (Lipinski definition) is 2. The lowest BCUT2D eigenvalue weighted by atomic mass is 9.88. The van der Waals surface area contributed by atoms with Crippen molar-refractivity contribution in [2.45, 2.75) is 32.1 Å². The van der Waals surface area contributed by atoms with Crippen molar-refractivity contribution < 1.29 is 4.79 Å². The van der Waals surface area contributed by atoms with E-state index in [4.69, 9.17) is 0 Å². The highest BCUT2D eigenvalue weighted by Crippen LogP contribution is 2.25. The summed E-state index contributed by atoms with van der Waals surface area (Å²) in [4.78, 5) is 12.2. The second-order valence-electron chi connectivity index (χ2n) is 5.89. The lowest BCUT2D eigenvalue weighted by Gasteiger charge is -2.20. The molecular formula is C19H22N2O. The number of nitrogens with one attached hydrogen (secondary N) is 2. The second kappa shape index (κ2) is 7.12. The first-order chi connectivity index (χ1) is 10.8. The number of carbonyl (C=O) groups excluding carboxylic acids is 1. The zero-order valence-corrected chi connectivity index (χ0v) is 12.7. The molecule has 0 saturated heterocycles. The van der Waals surface area contributed by atoms with E-state index in [1.165, 1.54) is 19.3 Å². The highest BCUT2D eigenvalue weighted by molar-refractivity contribution is 5.92. The third-order valence-corrected chi connectivity index (χ3v) is 4.19. The maximum absolute atomic E-state index is 12.2. The van der Waals surface area contributed by atoms with Gasteiger partial charge >= 0.3 is 0 Å². The zero-order chi connectivity index (χ0) is 15.2. The third-order valence-electron chi connectivity index (χ3n) is 4.19. The van der Waals surface area contributed by atoms with Gasteiger partial charge in [0.25, 0.3) is 0 Å². The molecule has 2 aromatic carbocycles. The molecule has 114 valence electrons. The molecule has 0 atom stereocenters. The van der Waals surface area contributed by atoms with Crippen molar-refractivity contribution in [3.8, 4) is 0 Å². The van der Waals surface area contributed by atoms with Crippen molar-refractivity contribution in [2.75, 3.05) is 10.6 Å². The monoisotopic (exact) mass is 294 g/mol. The highest BCUT2D eigenvalue weighted by Gasteiger charge is 2.20. The van der Waals surface area contributed by atoms with Crippen LogP contribution in [0.2, 0.25) is 0 Å². The van der Waals surface area contributed by atoms with Gasteiger partial charge in [-0.05, 0) is 49.2 Å². The molecule has 0 bridgehead atoms. The van der Waals surface area contributed by atoms with Crippen LogP contribution in [0.1, 0.15) is 32.1 Å². The van der Waals surface area contributed by atoms with Crippen LogP contribution in [0.25, 0.3) is 0 Å². The molecule has 1 fully saturated rings. The fraction of sp³-hybridized carbons (Fsp3) is 0.316. The van der Waals surface area contributed by atoms with E-state index < -0.39 is 0 Å². The number of benzene rings is 2. The van der Waals surface area contributed by atoms with Gasteiger partial charge < -0.3 is 10.6 Å². The van der Waals surface area contributed by atoms with Gasteiger partial charge in [0.05, 0.1) is 0 Å². The largest absolute Gasteiger partial charge is 0.356 e. The molecule has 3 rings (SSSR count). The molecule has 1 amide bonds. The molecule has 0 radical (unpaired) electrons. The summed E-state index contributed by atoms with van der Waals surface area (Å²) in [5.74, 6) is 0.360. The Morgan fingerprint density at radius 2 is 1.36 bits per heavy atom. The molecule has 0 aliphatic heterocycles. The summed E-state index contributed by atoms with van der Waals surface area (Å²) < 4.78 is 0. The fourth-order valence-electron chi connectivity index (χ4n) is 2.93. The first-order valence-electron chi connectivity index (χ1n) is 8.04. The summed E-state index contributed by atoms with van der Waals surface area (Å²) in [5.41, 5.74) is 2.94. The number of para-hydroxylation sites is 1. The molecule has 3 nitrogen and oxygen atoms in total. The van der Waals surface area contributed by atoms with E-state index in [9.17, 15) is 4.79 Å². The van der Waals surface area contributed by atoms with Crippen molar-refractivity contribution in [3.63, 3.8) is 0 Å². The van der Waals surface area contributed by atoms with Gasteiger partial charge in [0, 0.05) is 23.0 Å². The van der Waals surface area contributed by atoms with Crippen LogP contribution in [0.5, 0.6) is 0 Å². The van der Waals surface area contributed by atoms with Gasteiger partial charge in [0.1, 0.15) is 0 Å². The summed E-state index contributed by atoms with van der Waals surface area (Å²) in [6.45, 7) is 0. The molecule has 0 heterocycles. The molecular weight excluding hydrogens is 272 g/mol. The molecule has 1 saturated carbocycles. The number of anilines is 3. The summed E-state index contributed by atoms with van der Waals surface area (Å²) >= 11 is 0. The molecule has 2 N–H and O–H groups in total. The summed E-state index contributed by atoms with van der Waals surface area (Å²) in [7, 11) is 0. The van der Waals surface area contributed by atoms with Crippen LogP contribution in [0.3, 0.4) is 0 Å². The molecule has 0 unspecified atom stereocenters. The van der Waals surface area contributed by atoms with Crippen molar-refractivity contribution in [1.29, 1.82) is 0 Å². The van der Waals surface area contributed by atoms with Crippen LogP contribution in [0.4, 0.5) is 17.1 Å². The van der Waals surface area contributed by atoms with E-state index in [1.54, 1.807) is 0 Å². The number of amides is 1. The Bertz CT molecular complexity index is 601. The van der Waals surface area contributed by atoms with Crippen LogP contribution < -0.4 is 10.6 Å². The molecule has 3 heteroatoms. The van der Waals surface area contributed by atoms with Gasteiger partial charge in [-0.1, -0.05) is 37.5 Å². The quantitative estimate of drug-likeness (QED) is 0.837. The minimum Gasteiger partial charge on any atom is -0.356 e. The van der Waals surface area contributed by atoms with Crippen LogP contribution in [-0.2, 0) is 4.79 Å². The van der Waals surface area contributed by atoms with Crippen molar-refractivity contribution in [1.82, 2.24) is 0 Å². The summed E-state index contributed by atoms with van der Waals surface area (Å²) in [6, 6.07) is 17.9. The summed E-state index contributed by atoms with van der Waals surface area (Å²) in [5, 5.41) is 6.37. The first-order valence-corrected chi connectivity index (χ1v) is 8.04. The van der Waals surface area contributed by atoms with E-state index >= 15 is 0 Å². The number of carbonyl (C=O) groups is 1. The van der Waals surface area contributed by atoms with E-state index in [-0.39, 0.29) is 11.8 Å². The number of rotatable bonds is 4. The predicted octanol–water partition coefficient (Wildman–Crippen LogP) is 4.95. The van der Waals surface area contributed by atoms with Gasteiger partial charge in [-0.3, -0.25) is 4.79 Å². The zero-order valence-electron chi connectivity index (χ0n) is 12.7. The Labute approximate surface area is 131 Å². The third kappa shape index (κ3) is 3.88. The Morgan fingerprint density at radius 1 is 0.773 bits per heavy atom. The SMILES string of the molecule is O=C(Nc1ccc(Nc2ccccc2)cc1)C1CCCCC1. The lowest BCUT2D eigenvalue weighted by molar-refractivity contribution is -0.120. The van der Waals surface area contributed by atoms with Crippen molar-refractivity contribution in [2.24, 2.45) is 5.92 Å². The predicted molar refractivity (Wildman–Crippen MR) is 91.4 cm³/mol. The Hall–Kier alpha value is -2.29. The topological polar surface area (TPSA) is 41.1 Å². The Kier molecular flexibility index (Phi) is 4.74. The minimum atomic E-state index is 0.170. The average Bonchev–Trinajstić information content (AvgIpc) is 2.58. The molecule has 1 aliphatic carbocycles. The van der Waals surface area contributed by atoms with Gasteiger partial charge in [-0.2, -0.15) is 0 Å². The van der Waals surface area contributed by atoms with Gasteiger partial charge in [-0.15, -0.1) is 0 Å². The minimum absolute atomic E-state index is 0.170. The molecule has 1 aliphatic rings. The number of hydrogen-bond donors (Lipinski definition) is 2. The Morgan fingerprint density at radius 3 is 2.05 bits per heavy atom. The average molecular weight is 294 g/mol.